The van der Waals surface area contributed by atoms with E-state index in [9.17, 15) is 24.3 Å². The maximum absolute atomic E-state index is 13.1. The van der Waals surface area contributed by atoms with Gasteiger partial charge in [-0.2, -0.15) is 10.2 Å². The second kappa shape index (κ2) is 23.6. The number of benzene rings is 3. The maximum atomic E-state index is 13.1. The molecule has 3 N–H and O–H groups in total. The number of H-pyrrole nitrogens is 1. The number of nitrogens with zero attached hydrogens (tertiary/aromatic N) is 8. The molecule has 73 heavy (non-hydrogen) atoms. The van der Waals surface area contributed by atoms with Crippen LogP contribution in [0, 0.1) is 17.2 Å². The average Bonchev–Trinajstić information content (AvgIpc) is 4.09. The lowest BCUT2D eigenvalue weighted by atomic mass is 9.80. The number of anilines is 1. The van der Waals surface area contributed by atoms with E-state index in [1.54, 1.807) is 34.3 Å². The molecular formula is C47H51N10O13P2S+. The van der Waals surface area contributed by atoms with Crippen LogP contribution in [-0.4, -0.2) is 109 Å². The third-order valence-electron chi connectivity index (χ3n) is 11.7. The Morgan fingerprint density at radius 2 is 1.62 bits per heavy atom. The van der Waals surface area contributed by atoms with Crippen molar-refractivity contribution < 1.29 is 56.0 Å². The van der Waals surface area contributed by atoms with E-state index in [4.69, 9.17) is 58.6 Å². The molecule has 2 unspecified atom stereocenters. The maximum Gasteiger partial charge on any atom is 0.695 e. The average molecular weight is 1060 g/mol. The molecule has 1 fully saturated rings. The predicted octanol–water partition coefficient (Wildman–Crippen LogP) is 6.22. The second-order valence-corrected chi connectivity index (χ2v) is 20.2. The number of ether oxygens (including phenoxy) is 5. The Labute approximate surface area is 423 Å². The number of nitriles is 1. The van der Waals surface area contributed by atoms with E-state index in [2.05, 4.69) is 30.2 Å². The van der Waals surface area contributed by atoms with Crippen molar-refractivity contribution in [3.05, 3.63) is 131 Å². The summed E-state index contributed by atoms with van der Waals surface area (Å²) in [7, 11) is 1.32. The molecule has 382 valence electrons. The standard InChI is InChI=1S/C47H50N10O13P2S/c1-29(2)43(58)54-46-53-42-38(44(59)55-46)51-28-57(42)45-40(70-71(60)61)39(64-5)36(69-45)25-68-72(73,66-22-9-20-48)67-23-21-56-37(52-35-24-49-27-50-41(35)56)26-65-47(30-10-7-6-8-11-30,31-12-16-33(62-3)17-13-31)32-14-18-34(63-4)19-15-32/h6-8,10-19,24,27-29,36,39-40,45H,9,21-23,25-26H2,1-5H3,(H2-,53,54,55,58,59,60,61)/p+1/t36-,39-,40-,45-,72?/m1/s1. The van der Waals surface area contributed by atoms with Crippen LogP contribution in [0.5, 0.6) is 11.5 Å². The zero-order valence-corrected chi connectivity index (χ0v) is 42.7. The summed E-state index contributed by atoms with van der Waals surface area (Å²) in [5, 5.41) is 12.0. The summed E-state index contributed by atoms with van der Waals surface area (Å²) < 4.78 is 69.7. The summed E-state index contributed by atoms with van der Waals surface area (Å²) in [5.41, 5.74) is 1.44. The van der Waals surface area contributed by atoms with E-state index in [0.717, 1.165) is 16.7 Å². The fourth-order valence-electron chi connectivity index (χ4n) is 8.24. The van der Waals surface area contributed by atoms with Crippen molar-refractivity contribution in [1.82, 2.24) is 39.0 Å². The number of fused-ring (bicyclic) bond motifs is 2. The van der Waals surface area contributed by atoms with Crippen LogP contribution in [0.2, 0.25) is 0 Å². The number of carbonyl (C=O) groups excluding carboxylic acids is 1. The fraction of sp³-hybridized carbons (Fsp3) is 0.362. The van der Waals surface area contributed by atoms with Crippen molar-refractivity contribution in [3.63, 3.8) is 0 Å². The van der Waals surface area contributed by atoms with Crippen molar-refractivity contribution in [1.29, 1.82) is 5.26 Å². The molecule has 5 heterocycles. The molecule has 1 amide bonds. The molecule has 4 aromatic heterocycles. The first kappa shape index (κ1) is 52.9. The molecule has 1 aliphatic heterocycles. The second-order valence-electron chi connectivity index (χ2n) is 16.5. The van der Waals surface area contributed by atoms with Crippen LogP contribution in [0.3, 0.4) is 0 Å². The number of hydrogen-bond donors (Lipinski definition) is 3. The fourth-order valence-corrected chi connectivity index (χ4v) is 10.5. The van der Waals surface area contributed by atoms with Gasteiger partial charge < -0.3 is 41.8 Å². The SMILES string of the molecule is COc1ccc(C(OCc2nc3cncnc3n2CCOP(=S)(OCCC#N)OC[C@H]2O[C@@H](n3cnc4c(=O)[nH]c(NC(=O)C(C)C)nc43)[C@H](O[P+](=O)O)[C@@H]2OC)(c2ccccc2)c2ccc(OC)cc2)cc1. The number of methoxy groups -OCH3 is 3. The molecule has 7 aromatic rings. The molecule has 26 heteroatoms. The highest BCUT2D eigenvalue weighted by Gasteiger charge is 2.52. The number of aromatic nitrogens is 8. The van der Waals surface area contributed by atoms with Gasteiger partial charge in [0.1, 0.15) is 53.6 Å². The summed E-state index contributed by atoms with van der Waals surface area (Å²) in [6.45, 7) is -0.949. The lowest BCUT2D eigenvalue weighted by Crippen LogP contribution is -2.36. The van der Waals surface area contributed by atoms with Crippen LogP contribution >= 0.6 is 15.0 Å². The van der Waals surface area contributed by atoms with Gasteiger partial charge in [0.25, 0.3) is 5.56 Å². The van der Waals surface area contributed by atoms with Crippen LogP contribution in [0.15, 0.2) is 103 Å². The van der Waals surface area contributed by atoms with Gasteiger partial charge in [-0.25, -0.2) is 19.9 Å². The van der Waals surface area contributed by atoms with Gasteiger partial charge >= 0.3 is 15.0 Å². The van der Waals surface area contributed by atoms with Crippen LogP contribution < -0.4 is 20.3 Å². The van der Waals surface area contributed by atoms with Gasteiger partial charge in [-0.05, 0) is 52.8 Å². The Kier molecular flexibility index (Phi) is 17.1. The van der Waals surface area contributed by atoms with Crippen molar-refractivity contribution in [3.8, 4) is 17.6 Å². The molecule has 1 saturated heterocycles. The van der Waals surface area contributed by atoms with Gasteiger partial charge in [-0.3, -0.25) is 24.5 Å². The number of nitrogens with one attached hydrogen (secondary N) is 2. The molecule has 23 nitrogen and oxygen atoms in total. The van der Waals surface area contributed by atoms with Gasteiger partial charge in [0.15, 0.2) is 29.1 Å². The van der Waals surface area contributed by atoms with E-state index in [1.807, 2.05) is 89.5 Å². The van der Waals surface area contributed by atoms with Crippen molar-refractivity contribution in [2.45, 2.75) is 63.6 Å². The molecule has 0 spiro atoms. The normalized spacial score (nSPS) is 17.9. The quantitative estimate of drug-likeness (QED) is 0.0344. The van der Waals surface area contributed by atoms with Crippen molar-refractivity contribution >= 4 is 61.0 Å². The van der Waals surface area contributed by atoms with Crippen LogP contribution in [-0.2, 0) is 72.2 Å². The molecule has 0 saturated carbocycles. The zero-order chi connectivity index (χ0) is 51.7. The minimum atomic E-state index is -3.75. The summed E-state index contributed by atoms with van der Waals surface area (Å²) in [6, 6.07) is 27.1. The van der Waals surface area contributed by atoms with E-state index < -0.39 is 62.5 Å². The number of rotatable bonds is 24. The molecule has 0 bridgehead atoms. The first-order valence-corrected chi connectivity index (χ1v) is 26.3. The molecule has 0 aliphatic carbocycles. The number of hydrogen-bond acceptors (Lipinski definition) is 19. The predicted molar refractivity (Wildman–Crippen MR) is 266 cm³/mol. The van der Waals surface area contributed by atoms with Crippen LogP contribution in [0.4, 0.5) is 5.95 Å². The number of imidazole rings is 2. The monoisotopic (exact) mass is 1060 g/mol. The topological polar surface area (TPSA) is 280 Å². The minimum absolute atomic E-state index is 0.0337. The highest BCUT2D eigenvalue weighted by atomic mass is 32.5. The van der Waals surface area contributed by atoms with Gasteiger partial charge in [0.05, 0.1) is 59.1 Å². The summed E-state index contributed by atoms with van der Waals surface area (Å²) in [4.78, 5) is 60.3. The highest BCUT2D eigenvalue weighted by molar-refractivity contribution is 8.07. The van der Waals surface area contributed by atoms with Gasteiger partial charge in [0, 0.05) is 24.1 Å². The highest BCUT2D eigenvalue weighted by Crippen LogP contribution is 2.51. The number of carbonyl (C=O) groups is 1. The Hall–Kier alpha value is -6.45. The first-order chi connectivity index (χ1) is 35.3. The lowest BCUT2D eigenvalue weighted by molar-refractivity contribution is -0.118. The van der Waals surface area contributed by atoms with E-state index in [0.29, 0.717) is 28.5 Å². The Morgan fingerprint density at radius 1 is 0.945 bits per heavy atom. The number of aromatic amines is 1. The summed E-state index contributed by atoms with van der Waals surface area (Å²) in [5.74, 6) is 0.814. The van der Waals surface area contributed by atoms with Gasteiger partial charge in [0.2, 0.25) is 11.9 Å². The van der Waals surface area contributed by atoms with Gasteiger partial charge in [-0.1, -0.05) is 68.4 Å². The largest absolute Gasteiger partial charge is 0.695 e. The Balaban J connectivity index is 1.06. The molecule has 3 aromatic carbocycles. The minimum Gasteiger partial charge on any atom is -0.497 e. The van der Waals surface area contributed by atoms with E-state index in [1.165, 1.54) is 24.3 Å². The third-order valence-corrected chi connectivity index (χ3v) is 14.6. The molecule has 0 radical (unpaired) electrons. The van der Waals surface area contributed by atoms with E-state index >= 15 is 0 Å². The summed E-state index contributed by atoms with van der Waals surface area (Å²) >= 11 is 5.93. The van der Waals surface area contributed by atoms with Crippen LogP contribution in [0.25, 0.3) is 22.3 Å². The molecule has 8 rings (SSSR count). The number of amides is 1. The van der Waals surface area contributed by atoms with Crippen molar-refractivity contribution in [2.75, 3.05) is 46.5 Å². The summed E-state index contributed by atoms with van der Waals surface area (Å²) in [6.07, 6.45) is -0.533. The molecular weight excluding hydrogens is 1010 g/mol. The van der Waals surface area contributed by atoms with Gasteiger partial charge in [-0.15, -0.1) is 9.42 Å². The Bertz CT molecular complexity index is 3140. The Morgan fingerprint density at radius 3 is 2.25 bits per heavy atom. The van der Waals surface area contributed by atoms with E-state index in [-0.39, 0.29) is 56.5 Å². The smallest absolute Gasteiger partial charge is 0.497 e. The first-order valence-electron chi connectivity index (χ1n) is 22.6. The lowest BCUT2D eigenvalue weighted by Gasteiger charge is -2.36. The third kappa shape index (κ3) is 11.7. The van der Waals surface area contributed by atoms with Crippen molar-refractivity contribution in [2.24, 2.45) is 5.92 Å². The molecule has 1 aliphatic rings. The van der Waals surface area contributed by atoms with Crippen LogP contribution in [0.1, 0.15) is 49.0 Å². The zero-order valence-electron chi connectivity index (χ0n) is 40.1. The molecule has 6 atom stereocenters.